The van der Waals surface area contributed by atoms with Crippen LogP contribution in [0.3, 0.4) is 0 Å². The van der Waals surface area contributed by atoms with Crippen molar-refractivity contribution in [2.24, 2.45) is 23.7 Å². The smallest absolute Gasteiger partial charge is 0.316 e. The minimum Gasteiger partial charge on any atom is -0.481 e. The van der Waals surface area contributed by atoms with E-state index in [1.165, 1.54) is 7.11 Å². The molecule has 2 aromatic rings. The summed E-state index contributed by atoms with van der Waals surface area (Å²) in [5.41, 5.74) is -0.760. The van der Waals surface area contributed by atoms with Crippen molar-refractivity contribution in [2.45, 2.75) is 154 Å². The molecule has 3 aliphatic heterocycles. The van der Waals surface area contributed by atoms with Crippen LogP contribution in [0.4, 0.5) is 0 Å². The fraction of sp³-hybridized carbons (Fsp3) is 0.756. The molecule has 0 spiro atoms. The molecule has 61 heavy (non-hydrogen) atoms. The number of esters is 1. The van der Waals surface area contributed by atoms with Crippen LogP contribution in [-0.2, 0) is 49.7 Å². The number of imidazole rings is 1. The number of methoxy groups -OCH3 is 2. The first-order valence-electron chi connectivity index (χ1n) is 22.0. The lowest BCUT2D eigenvalue weighted by molar-refractivity contribution is -0.441. The summed E-state index contributed by atoms with van der Waals surface area (Å²) < 4.78 is 32.6. The van der Waals surface area contributed by atoms with Gasteiger partial charge in [-0.1, -0.05) is 34.6 Å². The maximum Gasteiger partial charge on any atom is 0.316 e. The molecule has 0 amide bonds. The van der Waals surface area contributed by atoms with Crippen molar-refractivity contribution in [3.05, 3.63) is 30.9 Å². The Bertz CT molecular complexity index is 1760. The van der Waals surface area contributed by atoms with E-state index in [-0.39, 0.29) is 31.1 Å². The van der Waals surface area contributed by atoms with E-state index in [0.717, 1.165) is 24.1 Å². The van der Waals surface area contributed by atoms with Gasteiger partial charge in [0.15, 0.2) is 17.7 Å². The zero-order valence-electron chi connectivity index (χ0n) is 38.4. The minimum atomic E-state index is -1.23. The molecule has 3 saturated heterocycles. The average molecular weight is 858 g/mol. The number of Topliss-reactive ketones (excluding diaryl/α,β-unsaturated/α-hetero) is 2. The molecule has 0 radical (unpaired) electrons. The molecule has 0 bridgehead atoms. The number of fused-ring (bicyclic) bond motifs is 1. The molecule has 3 aliphatic rings. The van der Waals surface area contributed by atoms with Crippen molar-refractivity contribution >= 4 is 17.5 Å². The molecular weight excluding hydrogens is 787 g/mol. The summed E-state index contributed by atoms with van der Waals surface area (Å²) in [6.45, 7) is 16.0. The number of cyclic esters (lactones) is 1. The van der Waals surface area contributed by atoms with Crippen LogP contribution in [-0.4, -0.2) is 143 Å². The van der Waals surface area contributed by atoms with Crippen LogP contribution >= 0.6 is 0 Å². The fourth-order valence-corrected chi connectivity index (χ4v) is 9.87. The van der Waals surface area contributed by atoms with E-state index in [0.29, 0.717) is 38.2 Å². The van der Waals surface area contributed by atoms with Crippen LogP contribution in [0.1, 0.15) is 93.9 Å². The number of pyridine rings is 1. The van der Waals surface area contributed by atoms with Gasteiger partial charge in [-0.3, -0.25) is 19.3 Å². The first kappa shape index (κ1) is 48.7. The van der Waals surface area contributed by atoms with Crippen molar-refractivity contribution in [1.82, 2.24) is 24.3 Å². The Morgan fingerprint density at radius 2 is 1.70 bits per heavy atom. The number of carbonyl (C=O) groups is 3. The molecule has 5 rings (SSSR count). The largest absolute Gasteiger partial charge is 0.481 e. The molecule has 5 heterocycles. The van der Waals surface area contributed by atoms with Crippen LogP contribution in [0.5, 0.6) is 5.88 Å². The molecular formula is C45H71N5O11. The van der Waals surface area contributed by atoms with Crippen molar-refractivity contribution in [2.75, 3.05) is 41.6 Å². The average Bonchev–Trinajstić information content (AvgIpc) is 3.74. The van der Waals surface area contributed by atoms with Gasteiger partial charge in [0, 0.05) is 68.0 Å². The maximum atomic E-state index is 14.9. The number of aromatic nitrogens is 3. The highest BCUT2D eigenvalue weighted by molar-refractivity contribution is 6.00. The quantitative estimate of drug-likeness (QED) is 0.122. The summed E-state index contributed by atoms with van der Waals surface area (Å²) in [7, 11) is 6.88. The lowest BCUT2D eigenvalue weighted by atomic mass is 9.71. The number of rotatable bonds is 13. The molecule has 2 aromatic heterocycles. The number of ketones is 2. The lowest BCUT2D eigenvalue weighted by Gasteiger charge is -2.53. The molecule has 13 atom stereocenters. The first-order chi connectivity index (χ1) is 28.9. The predicted molar refractivity (Wildman–Crippen MR) is 226 cm³/mol. The SMILES string of the molecule is CC[C@H]1OC(=O)[C@H](C)C(=O)[C@H](C)[C@@H](OC2O[C@H](C)C[C@H](N(C)C)[C@H]2O)[C@@](C)(OC)C[C@@H](C)C(=O)[C@H](C)[C@H]2N(CCCCn3cnc(-c4ccc(OC)nc4)c3)COO[C@]12CC. The number of likely N-dealkylation sites (N-methyl/N-ethyl adjacent to an activating group) is 1. The van der Waals surface area contributed by atoms with E-state index < -0.39 is 77.3 Å². The van der Waals surface area contributed by atoms with Crippen LogP contribution in [0.25, 0.3) is 11.3 Å². The second-order valence-electron chi connectivity index (χ2n) is 17.9. The van der Waals surface area contributed by atoms with Crippen molar-refractivity contribution < 1.29 is 52.9 Å². The molecule has 16 nitrogen and oxygen atoms in total. The van der Waals surface area contributed by atoms with Gasteiger partial charge in [0.2, 0.25) is 5.88 Å². The van der Waals surface area contributed by atoms with E-state index in [4.69, 9.17) is 33.5 Å². The Balaban J connectivity index is 1.43. The Morgan fingerprint density at radius 1 is 0.984 bits per heavy atom. The number of aliphatic hydroxyl groups excluding tert-OH is 1. The molecule has 0 aliphatic carbocycles. The van der Waals surface area contributed by atoms with Crippen molar-refractivity contribution in [3.63, 3.8) is 0 Å². The third-order valence-electron chi connectivity index (χ3n) is 13.5. The Morgan fingerprint density at radius 3 is 2.33 bits per heavy atom. The molecule has 1 unspecified atom stereocenters. The maximum absolute atomic E-state index is 14.9. The van der Waals surface area contributed by atoms with Gasteiger partial charge < -0.3 is 38.3 Å². The van der Waals surface area contributed by atoms with Gasteiger partial charge in [-0.25, -0.2) is 19.7 Å². The van der Waals surface area contributed by atoms with E-state index in [2.05, 4.69) is 14.9 Å². The summed E-state index contributed by atoms with van der Waals surface area (Å²) in [6, 6.07) is 2.91. The van der Waals surface area contributed by atoms with Gasteiger partial charge in [-0.15, -0.1) is 0 Å². The van der Waals surface area contributed by atoms with Crippen molar-refractivity contribution in [3.8, 4) is 17.1 Å². The number of aryl methyl sites for hydroxylation is 1. The monoisotopic (exact) mass is 858 g/mol. The number of aliphatic hydroxyl groups is 1. The van der Waals surface area contributed by atoms with Crippen LogP contribution in [0, 0.1) is 23.7 Å². The number of carbonyl (C=O) groups excluding carboxylic acids is 3. The third kappa shape index (κ3) is 10.5. The second-order valence-corrected chi connectivity index (χ2v) is 17.9. The van der Waals surface area contributed by atoms with E-state index in [9.17, 15) is 19.5 Å². The molecule has 3 fully saturated rings. The summed E-state index contributed by atoms with van der Waals surface area (Å²) in [6.07, 6.45) is 4.35. The van der Waals surface area contributed by atoms with Gasteiger partial charge in [-0.2, -0.15) is 0 Å². The number of nitrogens with zero attached hydrogens (tertiary/aromatic N) is 5. The first-order valence-corrected chi connectivity index (χ1v) is 22.0. The molecule has 342 valence electrons. The summed E-state index contributed by atoms with van der Waals surface area (Å²) >= 11 is 0. The molecule has 0 saturated carbocycles. The lowest BCUT2D eigenvalue weighted by Crippen LogP contribution is -2.68. The van der Waals surface area contributed by atoms with Crippen molar-refractivity contribution in [1.29, 1.82) is 0 Å². The second kappa shape index (κ2) is 20.9. The summed E-state index contributed by atoms with van der Waals surface area (Å²) in [5.74, 6) is -3.92. The number of hydrogen-bond acceptors (Lipinski definition) is 15. The van der Waals surface area contributed by atoms with Gasteiger partial charge in [0.25, 0.3) is 0 Å². The van der Waals surface area contributed by atoms with E-state index in [1.54, 1.807) is 39.5 Å². The minimum absolute atomic E-state index is 0.0415. The van der Waals surface area contributed by atoms with Gasteiger partial charge in [0.1, 0.15) is 30.6 Å². The van der Waals surface area contributed by atoms with Crippen LogP contribution in [0.2, 0.25) is 0 Å². The third-order valence-corrected chi connectivity index (χ3v) is 13.5. The zero-order chi connectivity index (χ0) is 44.8. The Kier molecular flexibility index (Phi) is 16.7. The van der Waals surface area contributed by atoms with E-state index in [1.807, 2.05) is 77.4 Å². The molecule has 1 N–H and O–H groups in total. The highest BCUT2D eigenvalue weighted by atomic mass is 17.2. The van der Waals surface area contributed by atoms with Gasteiger partial charge >= 0.3 is 5.97 Å². The van der Waals surface area contributed by atoms with Crippen LogP contribution in [0.15, 0.2) is 30.9 Å². The number of unbranched alkanes of at least 4 members (excludes halogenated alkanes) is 1. The molecule has 16 heteroatoms. The highest BCUT2D eigenvalue weighted by Crippen LogP contribution is 2.43. The van der Waals surface area contributed by atoms with Gasteiger partial charge in [-0.05, 0) is 79.5 Å². The molecule has 0 aromatic carbocycles. The van der Waals surface area contributed by atoms with E-state index >= 15 is 0 Å². The standard InChI is InChI=1S/C45H71N5O11/c1-13-35-45(14-2)40(50(26-57-61-45)20-16-15-19-49-24-33(47-25-49)32-17-18-36(55-11)46-23-32)29(5)37(51)27(3)22-44(8,56-12)41(30(6)38(52)31(7)42(54)59-35)60-43-39(53)34(48(9)10)21-28(4)58-43/h17-18,23-25,27-31,34-35,39-41,43,53H,13-16,19-22,26H2,1-12H3/t27-,28-,29+,30+,31-,34+,35-,39-,40-,41-,43?,44+,45-/m1/s1. The normalized spacial score (nSPS) is 36.0. The number of ether oxygens (including phenoxy) is 5. The fourth-order valence-electron chi connectivity index (χ4n) is 9.87. The van der Waals surface area contributed by atoms with Crippen LogP contribution < -0.4 is 4.74 Å². The number of hydrogen-bond donors (Lipinski definition) is 1. The predicted octanol–water partition coefficient (Wildman–Crippen LogP) is 5.10. The van der Waals surface area contributed by atoms with Gasteiger partial charge in [0.05, 0.1) is 43.0 Å². The highest BCUT2D eigenvalue weighted by Gasteiger charge is 2.58. The summed E-state index contributed by atoms with van der Waals surface area (Å²) in [5, 5.41) is 11.5. The topological polar surface area (TPSA) is 173 Å². The zero-order valence-corrected chi connectivity index (χ0v) is 38.4. The Hall–Kier alpha value is -3.35. The summed E-state index contributed by atoms with van der Waals surface area (Å²) in [4.78, 5) is 68.6. The Labute approximate surface area is 361 Å².